The summed E-state index contributed by atoms with van der Waals surface area (Å²) in [6.45, 7) is 17.9. The van der Waals surface area contributed by atoms with E-state index in [-0.39, 0.29) is 35.6 Å². The summed E-state index contributed by atoms with van der Waals surface area (Å²) < 4.78 is 1.42. The number of hydrogen-bond acceptors (Lipinski definition) is 0. The van der Waals surface area contributed by atoms with Crippen LogP contribution in [0, 0.1) is 12.1 Å². The summed E-state index contributed by atoms with van der Waals surface area (Å²) in [5, 5.41) is 0. The van der Waals surface area contributed by atoms with Crippen LogP contribution < -0.4 is 24.8 Å². The summed E-state index contributed by atoms with van der Waals surface area (Å²) >= 11 is 1.46. The van der Waals surface area contributed by atoms with Gasteiger partial charge in [0.05, 0.1) is 0 Å². The summed E-state index contributed by atoms with van der Waals surface area (Å²) in [4.78, 5) is 0. The van der Waals surface area contributed by atoms with Gasteiger partial charge in [0, 0.05) is 0 Å². The number of allylic oxidation sites excluding steroid dienone is 4. The fourth-order valence-electron chi connectivity index (χ4n) is 5.02. The van der Waals surface area contributed by atoms with Crippen LogP contribution >= 0.6 is 0 Å². The first-order valence-corrected chi connectivity index (χ1v) is 16.2. The van der Waals surface area contributed by atoms with Gasteiger partial charge in [0.1, 0.15) is 0 Å². The molecule has 0 nitrogen and oxygen atoms in total. The zero-order valence-electron chi connectivity index (χ0n) is 27.4. The van der Waals surface area contributed by atoms with Gasteiger partial charge >= 0.3 is 99.2 Å². The van der Waals surface area contributed by atoms with Crippen molar-refractivity contribution in [3.63, 3.8) is 0 Å². The molecule has 0 radical (unpaired) electrons. The van der Waals surface area contributed by atoms with Gasteiger partial charge < -0.3 is 24.8 Å². The third kappa shape index (κ3) is 9.85. The third-order valence-corrected chi connectivity index (χ3v) is 9.37. The van der Waals surface area contributed by atoms with Crippen molar-refractivity contribution < 1.29 is 49.0 Å². The summed E-state index contributed by atoms with van der Waals surface area (Å²) in [5.74, 6) is 0. The molecule has 0 amide bonds. The van der Waals surface area contributed by atoms with Gasteiger partial charge in [-0.3, -0.25) is 6.08 Å². The van der Waals surface area contributed by atoms with Crippen molar-refractivity contribution in [1.82, 2.24) is 0 Å². The maximum atomic E-state index is 3.67. The molecule has 2 aliphatic rings. The molecule has 0 bridgehead atoms. The van der Waals surface area contributed by atoms with E-state index in [1.54, 1.807) is 0 Å². The SMILES string of the molecule is CC(C)(C)c1[c-]c2c(cc1)-c1ccc(C(C)(C)C)cc1C2.CC1=C(C)C[C-]=C1.[Cl-].[Cl-].[Zr+2]=[C](c1ccccc1)c1ccccc1. The zero-order valence-corrected chi connectivity index (χ0v) is 31.4. The van der Waals surface area contributed by atoms with Gasteiger partial charge in [-0.2, -0.15) is 29.3 Å². The quantitative estimate of drug-likeness (QED) is 0.238. The Morgan fingerprint density at radius 1 is 0.682 bits per heavy atom. The Bertz CT molecular complexity index is 1500. The van der Waals surface area contributed by atoms with Crippen molar-refractivity contribution in [2.75, 3.05) is 0 Å². The van der Waals surface area contributed by atoms with Gasteiger partial charge in [0.2, 0.25) is 0 Å². The number of benzene rings is 4. The van der Waals surface area contributed by atoms with Crippen molar-refractivity contribution in [2.24, 2.45) is 0 Å². The van der Waals surface area contributed by atoms with E-state index >= 15 is 0 Å². The Morgan fingerprint density at radius 2 is 1.23 bits per heavy atom. The van der Waals surface area contributed by atoms with Crippen LogP contribution in [0.1, 0.15) is 95.2 Å². The van der Waals surface area contributed by atoms with E-state index in [2.05, 4.69) is 165 Å². The Kier molecular flexibility index (Phi) is 14.0. The van der Waals surface area contributed by atoms with Crippen LogP contribution in [0.4, 0.5) is 0 Å². The second kappa shape index (κ2) is 16.3. The molecular weight excluding hydrogens is 655 g/mol. The number of hydrogen-bond donors (Lipinski definition) is 0. The molecule has 0 spiro atoms. The van der Waals surface area contributed by atoms with E-state index in [9.17, 15) is 0 Å². The van der Waals surface area contributed by atoms with Crippen molar-refractivity contribution in [1.29, 1.82) is 0 Å². The van der Waals surface area contributed by atoms with Gasteiger partial charge in [-0.15, -0.1) is 24.5 Å². The molecule has 6 rings (SSSR count). The number of halogens is 2. The van der Waals surface area contributed by atoms with Crippen molar-refractivity contribution in [3.8, 4) is 11.1 Å². The van der Waals surface area contributed by atoms with Crippen molar-refractivity contribution in [2.45, 2.75) is 79.1 Å². The predicted octanol–water partition coefficient (Wildman–Crippen LogP) is 4.55. The number of rotatable bonds is 2. The van der Waals surface area contributed by atoms with Crippen LogP contribution in [0.5, 0.6) is 0 Å². The Balaban J connectivity index is 0.000000253. The Hall–Kier alpha value is -2.31. The molecule has 0 unspecified atom stereocenters. The van der Waals surface area contributed by atoms with Gasteiger partial charge in [-0.25, -0.2) is 11.6 Å². The van der Waals surface area contributed by atoms with Crippen LogP contribution in [-0.2, 0) is 41.5 Å². The van der Waals surface area contributed by atoms with E-state index in [0.29, 0.717) is 0 Å². The molecule has 0 aliphatic heterocycles. The third-order valence-electron chi connectivity index (χ3n) is 7.95. The van der Waals surface area contributed by atoms with Crippen molar-refractivity contribution in [3.05, 3.63) is 154 Å². The fourth-order valence-corrected chi connectivity index (χ4v) is 5.84. The van der Waals surface area contributed by atoms with Crippen molar-refractivity contribution >= 4 is 3.21 Å². The van der Waals surface area contributed by atoms with Crippen LogP contribution in [0.2, 0.25) is 0 Å². The second-order valence-corrected chi connectivity index (χ2v) is 14.6. The van der Waals surface area contributed by atoms with Crippen LogP contribution in [0.3, 0.4) is 0 Å². The summed E-state index contributed by atoms with van der Waals surface area (Å²) in [7, 11) is 0. The first kappa shape index (κ1) is 37.9. The summed E-state index contributed by atoms with van der Waals surface area (Å²) in [6.07, 6.45) is 7.25. The number of fused-ring (bicyclic) bond motifs is 3. The van der Waals surface area contributed by atoms with Crippen LogP contribution in [0.25, 0.3) is 11.1 Å². The molecule has 4 aromatic carbocycles. The minimum absolute atomic E-state index is 0. The predicted molar refractivity (Wildman–Crippen MR) is 178 cm³/mol. The van der Waals surface area contributed by atoms with Gasteiger partial charge in [-0.05, 0) is 28.4 Å². The molecular formula is C41H44Cl2Zr-2. The monoisotopic (exact) mass is 696 g/mol. The molecule has 0 atom stereocenters. The van der Waals surface area contributed by atoms with E-state index in [1.807, 2.05) is 0 Å². The Labute approximate surface area is 294 Å². The Morgan fingerprint density at radius 3 is 1.66 bits per heavy atom. The molecule has 0 heterocycles. The molecule has 3 heteroatoms. The average molecular weight is 699 g/mol. The minimum atomic E-state index is 0. The van der Waals surface area contributed by atoms with Crippen LogP contribution in [-0.4, -0.2) is 3.21 Å². The zero-order chi connectivity index (χ0) is 30.5. The first-order chi connectivity index (χ1) is 19.8. The molecule has 2 aliphatic carbocycles. The molecule has 0 saturated carbocycles. The molecule has 0 saturated heterocycles. The molecule has 0 fully saturated rings. The van der Waals surface area contributed by atoms with Gasteiger partial charge in [0.25, 0.3) is 0 Å². The van der Waals surface area contributed by atoms with E-state index < -0.39 is 0 Å². The summed E-state index contributed by atoms with van der Waals surface area (Å²) in [6, 6.07) is 36.3. The molecule has 44 heavy (non-hydrogen) atoms. The molecule has 4 aromatic rings. The fraction of sp³-hybridized carbons (Fsp3) is 0.293. The molecule has 228 valence electrons. The molecule has 0 aromatic heterocycles. The van der Waals surface area contributed by atoms with E-state index in [1.165, 1.54) is 83.1 Å². The second-order valence-electron chi connectivity index (χ2n) is 13.4. The average Bonchev–Trinajstić information content (AvgIpc) is 3.54. The summed E-state index contributed by atoms with van der Waals surface area (Å²) in [5.41, 5.74) is 14.2. The normalized spacial score (nSPS) is 12.9. The standard InChI is InChI=1S/C21H25.C13H10.C7H9.2ClH.Zr/c1-20(2,3)16-7-9-18-14(12-16)11-15-13-17(21(4,5)6)8-10-19(15)18;1-3-7-12(8-4-1)11-13-9-5-2-6-10-13;1-6-4-3-5-7(6)2;;;/h7-10,12H,11H2,1-6H3;1-10H;4H,5H2,1-2H3;2*1H;/q-1;;-1;;;+2/p-2. The van der Waals surface area contributed by atoms with Gasteiger partial charge in [0.15, 0.2) is 0 Å². The topological polar surface area (TPSA) is 0 Å². The van der Waals surface area contributed by atoms with E-state index in [0.717, 1.165) is 12.8 Å². The first-order valence-electron chi connectivity index (χ1n) is 15.0. The van der Waals surface area contributed by atoms with Gasteiger partial charge in [-0.1, -0.05) is 72.2 Å². The van der Waals surface area contributed by atoms with E-state index in [4.69, 9.17) is 0 Å². The molecule has 0 N–H and O–H groups in total. The maximum absolute atomic E-state index is 3.67. The van der Waals surface area contributed by atoms with Crippen LogP contribution in [0.15, 0.2) is 108 Å².